The van der Waals surface area contributed by atoms with E-state index in [1.165, 1.54) is 12.8 Å². The van der Waals surface area contributed by atoms with E-state index in [4.69, 9.17) is 9.47 Å². The summed E-state index contributed by atoms with van der Waals surface area (Å²) < 4.78 is 10.5. The average Bonchev–Trinajstić information content (AvgIpc) is 3.14. The van der Waals surface area contributed by atoms with Gasteiger partial charge in [-0.1, -0.05) is 13.8 Å². The van der Waals surface area contributed by atoms with Crippen LogP contribution in [0.3, 0.4) is 0 Å². The summed E-state index contributed by atoms with van der Waals surface area (Å²) in [5.74, 6) is 3.32. The molecule has 4 bridgehead atoms. The molecule has 5 rings (SSSR count). The predicted octanol–water partition coefficient (Wildman–Crippen LogP) is 2.55. The zero-order valence-corrected chi connectivity index (χ0v) is 12.8. The molecule has 3 aliphatic carbocycles. The van der Waals surface area contributed by atoms with E-state index in [9.17, 15) is 9.59 Å². The standard InChI is InChI=1S/C9H12O2.C8H12O2/c1-4-5-2-6-7(3-5)9(10)11-8(4)6;1-5-2-3-6-4-7(5)10-8(6)9/h4-8H,2-3H2,1H3;5-7H,2-4H2,1H3. The van der Waals surface area contributed by atoms with E-state index in [0.29, 0.717) is 29.8 Å². The number of rotatable bonds is 0. The van der Waals surface area contributed by atoms with Gasteiger partial charge in [-0.15, -0.1) is 0 Å². The molecule has 0 aromatic heterocycles. The second kappa shape index (κ2) is 4.72. The maximum absolute atomic E-state index is 11.2. The van der Waals surface area contributed by atoms with E-state index in [2.05, 4.69) is 13.8 Å². The van der Waals surface area contributed by atoms with Gasteiger partial charge < -0.3 is 9.47 Å². The van der Waals surface area contributed by atoms with Crippen LogP contribution in [0, 0.1) is 35.5 Å². The van der Waals surface area contributed by atoms with Gasteiger partial charge in [-0.3, -0.25) is 9.59 Å². The minimum absolute atomic E-state index is 0.0503. The maximum Gasteiger partial charge on any atom is 0.309 e. The molecular weight excluding hydrogens is 268 g/mol. The smallest absolute Gasteiger partial charge is 0.309 e. The summed E-state index contributed by atoms with van der Waals surface area (Å²) in [6, 6.07) is 0. The lowest BCUT2D eigenvalue weighted by atomic mass is 9.83. The van der Waals surface area contributed by atoms with Crippen LogP contribution >= 0.6 is 0 Å². The number of hydrogen-bond acceptors (Lipinski definition) is 4. The molecule has 2 aliphatic heterocycles. The summed E-state index contributed by atoms with van der Waals surface area (Å²) in [5.41, 5.74) is 0. The fourth-order valence-corrected chi connectivity index (χ4v) is 5.15. The van der Waals surface area contributed by atoms with E-state index >= 15 is 0 Å². The largest absolute Gasteiger partial charge is 0.462 e. The Morgan fingerprint density at radius 2 is 1.76 bits per heavy atom. The van der Waals surface area contributed by atoms with Crippen LogP contribution in [-0.2, 0) is 19.1 Å². The van der Waals surface area contributed by atoms with Crippen molar-refractivity contribution in [2.24, 2.45) is 35.5 Å². The molecule has 5 fully saturated rings. The fraction of sp³-hybridized carbons (Fsp3) is 0.882. The van der Waals surface area contributed by atoms with Gasteiger partial charge in [-0.25, -0.2) is 0 Å². The van der Waals surface area contributed by atoms with Crippen molar-refractivity contribution in [1.82, 2.24) is 0 Å². The summed E-state index contributed by atoms with van der Waals surface area (Å²) in [6.45, 7) is 4.39. The van der Waals surface area contributed by atoms with Crippen molar-refractivity contribution in [2.45, 2.75) is 58.2 Å². The van der Waals surface area contributed by atoms with Gasteiger partial charge in [0.25, 0.3) is 0 Å². The molecule has 4 nitrogen and oxygen atoms in total. The van der Waals surface area contributed by atoms with Crippen LogP contribution in [0.15, 0.2) is 0 Å². The molecule has 4 heteroatoms. The van der Waals surface area contributed by atoms with Crippen LogP contribution in [0.2, 0.25) is 0 Å². The van der Waals surface area contributed by atoms with E-state index in [0.717, 1.165) is 25.2 Å². The van der Waals surface area contributed by atoms with Crippen molar-refractivity contribution in [3.05, 3.63) is 0 Å². The van der Waals surface area contributed by atoms with E-state index in [-0.39, 0.29) is 24.0 Å². The second-order valence-electron chi connectivity index (χ2n) is 7.73. The highest BCUT2D eigenvalue weighted by molar-refractivity contribution is 5.76. The van der Waals surface area contributed by atoms with Crippen molar-refractivity contribution < 1.29 is 19.1 Å². The van der Waals surface area contributed by atoms with Crippen molar-refractivity contribution in [2.75, 3.05) is 0 Å². The molecule has 116 valence electrons. The van der Waals surface area contributed by atoms with Gasteiger partial charge in [0.05, 0.1) is 11.8 Å². The summed E-state index contributed by atoms with van der Waals surface area (Å²) in [4.78, 5) is 22.2. The van der Waals surface area contributed by atoms with Crippen LogP contribution in [0.5, 0.6) is 0 Å². The monoisotopic (exact) mass is 292 g/mol. The lowest BCUT2D eigenvalue weighted by Crippen LogP contribution is -2.24. The lowest BCUT2D eigenvalue weighted by molar-refractivity contribution is -0.145. The van der Waals surface area contributed by atoms with Gasteiger partial charge in [0.15, 0.2) is 0 Å². The molecule has 5 aliphatic rings. The summed E-state index contributed by atoms with van der Waals surface area (Å²) in [7, 11) is 0. The number of carbonyl (C=O) groups excluding carboxylic acids is 2. The van der Waals surface area contributed by atoms with Gasteiger partial charge in [0.2, 0.25) is 0 Å². The Balaban J connectivity index is 0.000000110. The van der Waals surface area contributed by atoms with Crippen molar-refractivity contribution in [1.29, 1.82) is 0 Å². The normalized spacial score (nSPS) is 52.3. The van der Waals surface area contributed by atoms with Gasteiger partial charge in [-0.05, 0) is 49.9 Å². The van der Waals surface area contributed by atoms with E-state index in [1.54, 1.807) is 0 Å². The third kappa shape index (κ3) is 2.01. The van der Waals surface area contributed by atoms with Crippen molar-refractivity contribution in [3.8, 4) is 0 Å². The first-order chi connectivity index (χ1) is 10.0. The molecule has 0 spiro atoms. The van der Waals surface area contributed by atoms with Crippen LogP contribution in [-0.4, -0.2) is 24.1 Å². The summed E-state index contributed by atoms with van der Waals surface area (Å²) >= 11 is 0. The molecule has 0 aromatic carbocycles. The first kappa shape index (κ1) is 13.6. The highest BCUT2D eigenvalue weighted by atomic mass is 16.6. The Labute approximate surface area is 125 Å². The van der Waals surface area contributed by atoms with Crippen molar-refractivity contribution >= 4 is 11.9 Å². The van der Waals surface area contributed by atoms with E-state index < -0.39 is 0 Å². The SMILES string of the molecule is CC1C2CC3C(=O)OC1C3C2.CC1CCC2CC1OC2=O. The summed E-state index contributed by atoms with van der Waals surface area (Å²) in [5, 5.41) is 0. The minimum Gasteiger partial charge on any atom is -0.462 e. The number of hydrogen-bond donors (Lipinski definition) is 0. The Bertz CT molecular complexity index is 473. The fourth-order valence-electron chi connectivity index (χ4n) is 5.15. The Morgan fingerprint density at radius 1 is 0.952 bits per heavy atom. The molecule has 0 aromatic rings. The van der Waals surface area contributed by atoms with Gasteiger partial charge in [0, 0.05) is 5.92 Å². The average molecular weight is 292 g/mol. The number of esters is 2. The quantitative estimate of drug-likeness (QED) is 0.644. The van der Waals surface area contributed by atoms with Gasteiger partial charge in [0.1, 0.15) is 12.2 Å². The first-order valence-corrected chi connectivity index (χ1v) is 8.45. The molecule has 21 heavy (non-hydrogen) atoms. The molecule has 0 radical (unpaired) electrons. The molecule has 2 saturated heterocycles. The molecule has 3 saturated carbocycles. The number of carbonyl (C=O) groups is 2. The molecule has 0 N–H and O–H groups in total. The second-order valence-corrected chi connectivity index (χ2v) is 7.73. The Morgan fingerprint density at radius 3 is 2.43 bits per heavy atom. The third-order valence-corrected chi connectivity index (χ3v) is 6.61. The number of fused-ring (bicyclic) bond motifs is 3. The zero-order valence-electron chi connectivity index (χ0n) is 12.8. The van der Waals surface area contributed by atoms with Gasteiger partial charge >= 0.3 is 11.9 Å². The summed E-state index contributed by atoms with van der Waals surface area (Å²) in [6.07, 6.45) is 6.12. The predicted molar refractivity (Wildman–Crippen MR) is 75.1 cm³/mol. The third-order valence-electron chi connectivity index (χ3n) is 6.61. The molecule has 8 atom stereocenters. The van der Waals surface area contributed by atoms with Crippen LogP contribution in [0.25, 0.3) is 0 Å². The topological polar surface area (TPSA) is 52.6 Å². The highest BCUT2D eigenvalue weighted by Gasteiger charge is 2.60. The highest BCUT2D eigenvalue weighted by Crippen LogP contribution is 2.57. The van der Waals surface area contributed by atoms with Gasteiger partial charge in [-0.2, -0.15) is 0 Å². The Kier molecular flexibility index (Phi) is 3.05. The van der Waals surface area contributed by atoms with Crippen LogP contribution < -0.4 is 0 Å². The number of ether oxygens (including phenoxy) is 2. The van der Waals surface area contributed by atoms with E-state index in [1.807, 2.05) is 0 Å². The van der Waals surface area contributed by atoms with Crippen LogP contribution in [0.1, 0.15) is 46.0 Å². The zero-order chi connectivity index (χ0) is 14.7. The first-order valence-electron chi connectivity index (χ1n) is 8.45. The molecule has 0 amide bonds. The van der Waals surface area contributed by atoms with Crippen LogP contribution in [0.4, 0.5) is 0 Å². The lowest BCUT2D eigenvalue weighted by Gasteiger charge is -2.21. The minimum atomic E-state index is 0.0503. The molecular formula is C17H24O4. The Hall–Kier alpha value is -1.06. The maximum atomic E-state index is 11.2. The molecule has 8 unspecified atom stereocenters. The molecule has 2 heterocycles. The van der Waals surface area contributed by atoms with Crippen molar-refractivity contribution in [3.63, 3.8) is 0 Å².